The van der Waals surface area contributed by atoms with Crippen LogP contribution in [0.3, 0.4) is 0 Å². The summed E-state index contributed by atoms with van der Waals surface area (Å²) in [6.45, 7) is 6.19. The van der Waals surface area contributed by atoms with Crippen molar-refractivity contribution in [2.24, 2.45) is 5.92 Å². The highest BCUT2D eigenvalue weighted by molar-refractivity contribution is 6.30. The summed E-state index contributed by atoms with van der Waals surface area (Å²) in [6.07, 6.45) is 3.86. The summed E-state index contributed by atoms with van der Waals surface area (Å²) in [7, 11) is 0. The molecule has 1 amide bonds. The van der Waals surface area contributed by atoms with Gasteiger partial charge in [-0.15, -0.1) is 0 Å². The molecule has 19 heavy (non-hydrogen) atoms. The van der Waals surface area contributed by atoms with Crippen LogP contribution in [0.4, 0.5) is 5.82 Å². The number of halogens is 1. The fourth-order valence-corrected chi connectivity index (χ4v) is 2.37. The molecule has 1 atom stereocenters. The second-order valence-electron chi connectivity index (χ2n) is 5.25. The standard InChI is InChI=1S/C14H20ClN3O/c1-10-5-7-18(8-6-10)11(2)14(19)17-13-4-3-12(15)9-16-13/h3-4,9-11H,5-8H2,1-2H3,(H,16,17,19). The number of nitrogens with one attached hydrogen (secondary N) is 1. The maximum absolute atomic E-state index is 12.2. The third-order valence-corrected chi connectivity index (χ3v) is 3.95. The van der Waals surface area contributed by atoms with E-state index in [1.807, 2.05) is 6.92 Å². The van der Waals surface area contributed by atoms with Crippen LogP contribution in [0, 0.1) is 5.92 Å². The number of pyridine rings is 1. The first-order valence-electron chi connectivity index (χ1n) is 6.72. The minimum Gasteiger partial charge on any atom is -0.309 e. The zero-order valence-electron chi connectivity index (χ0n) is 11.4. The Balaban J connectivity index is 1.90. The summed E-state index contributed by atoms with van der Waals surface area (Å²) >= 11 is 5.76. The summed E-state index contributed by atoms with van der Waals surface area (Å²) in [4.78, 5) is 18.5. The molecule has 1 aliphatic rings. The van der Waals surface area contributed by atoms with E-state index in [0.717, 1.165) is 31.8 Å². The van der Waals surface area contributed by atoms with Crippen molar-refractivity contribution in [3.63, 3.8) is 0 Å². The number of rotatable bonds is 3. The van der Waals surface area contributed by atoms with E-state index in [0.29, 0.717) is 10.8 Å². The van der Waals surface area contributed by atoms with Gasteiger partial charge in [0.15, 0.2) is 0 Å². The first-order valence-corrected chi connectivity index (χ1v) is 7.10. The van der Waals surface area contributed by atoms with Gasteiger partial charge in [-0.25, -0.2) is 4.98 Å². The topological polar surface area (TPSA) is 45.2 Å². The summed E-state index contributed by atoms with van der Waals surface area (Å²) in [5.41, 5.74) is 0. The third kappa shape index (κ3) is 3.91. The fourth-order valence-electron chi connectivity index (χ4n) is 2.26. The molecule has 1 aromatic rings. The van der Waals surface area contributed by atoms with Crippen LogP contribution < -0.4 is 5.32 Å². The van der Waals surface area contributed by atoms with Crippen molar-refractivity contribution in [1.82, 2.24) is 9.88 Å². The average molecular weight is 282 g/mol. The van der Waals surface area contributed by atoms with Gasteiger partial charge in [-0.2, -0.15) is 0 Å². The number of hydrogen-bond acceptors (Lipinski definition) is 3. The highest BCUT2D eigenvalue weighted by Crippen LogP contribution is 2.18. The Morgan fingerprint density at radius 2 is 2.16 bits per heavy atom. The van der Waals surface area contributed by atoms with Crippen molar-refractivity contribution in [1.29, 1.82) is 0 Å². The van der Waals surface area contributed by atoms with E-state index in [4.69, 9.17) is 11.6 Å². The van der Waals surface area contributed by atoms with Gasteiger partial charge in [0, 0.05) is 6.20 Å². The Hall–Kier alpha value is -1.13. The SMILES string of the molecule is CC1CCN(C(C)C(=O)Nc2ccc(Cl)cn2)CC1. The van der Waals surface area contributed by atoms with E-state index in [2.05, 4.69) is 22.1 Å². The maximum Gasteiger partial charge on any atom is 0.242 e. The zero-order chi connectivity index (χ0) is 13.8. The molecule has 1 fully saturated rings. The molecular formula is C14H20ClN3O. The number of likely N-dealkylation sites (tertiary alicyclic amines) is 1. The van der Waals surface area contributed by atoms with E-state index in [1.54, 1.807) is 12.1 Å². The number of amides is 1. The molecule has 0 saturated carbocycles. The van der Waals surface area contributed by atoms with Crippen LogP contribution in [0.5, 0.6) is 0 Å². The normalized spacial score (nSPS) is 19.1. The molecule has 0 spiro atoms. The lowest BCUT2D eigenvalue weighted by atomic mass is 9.98. The molecule has 1 saturated heterocycles. The molecule has 0 radical (unpaired) electrons. The average Bonchev–Trinajstić information content (AvgIpc) is 2.41. The molecule has 0 bridgehead atoms. The molecule has 1 unspecified atom stereocenters. The largest absolute Gasteiger partial charge is 0.309 e. The summed E-state index contributed by atoms with van der Waals surface area (Å²) in [5.74, 6) is 1.31. The van der Waals surface area contributed by atoms with Crippen LogP contribution in [-0.4, -0.2) is 34.9 Å². The van der Waals surface area contributed by atoms with Gasteiger partial charge < -0.3 is 5.32 Å². The molecule has 0 aromatic carbocycles. The van der Waals surface area contributed by atoms with Crippen molar-refractivity contribution in [2.45, 2.75) is 32.7 Å². The molecule has 5 heteroatoms. The Morgan fingerprint density at radius 1 is 1.47 bits per heavy atom. The lowest BCUT2D eigenvalue weighted by Gasteiger charge is -2.34. The molecule has 4 nitrogen and oxygen atoms in total. The molecule has 1 aromatic heterocycles. The van der Waals surface area contributed by atoms with Crippen molar-refractivity contribution in [3.05, 3.63) is 23.4 Å². The number of aromatic nitrogens is 1. The number of nitrogens with zero attached hydrogens (tertiary/aromatic N) is 2. The molecule has 2 heterocycles. The number of carbonyl (C=O) groups is 1. The second kappa shape index (κ2) is 6.35. The van der Waals surface area contributed by atoms with Gasteiger partial charge >= 0.3 is 0 Å². The van der Waals surface area contributed by atoms with Crippen LogP contribution in [0.2, 0.25) is 5.02 Å². The van der Waals surface area contributed by atoms with Gasteiger partial charge in [0.05, 0.1) is 11.1 Å². The Bertz CT molecular complexity index is 427. The highest BCUT2D eigenvalue weighted by Gasteiger charge is 2.25. The molecule has 0 aliphatic carbocycles. The van der Waals surface area contributed by atoms with Gasteiger partial charge in [-0.05, 0) is 50.9 Å². The van der Waals surface area contributed by atoms with Crippen LogP contribution in [0.25, 0.3) is 0 Å². The van der Waals surface area contributed by atoms with Gasteiger partial charge in [0.2, 0.25) is 5.91 Å². The maximum atomic E-state index is 12.2. The second-order valence-corrected chi connectivity index (χ2v) is 5.68. The lowest BCUT2D eigenvalue weighted by Crippen LogP contribution is -2.45. The summed E-state index contributed by atoms with van der Waals surface area (Å²) in [5, 5.41) is 3.39. The molecule has 2 rings (SSSR count). The first-order chi connectivity index (χ1) is 9.06. The predicted molar refractivity (Wildman–Crippen MR) is 77.3 cm³/mol. The van der Waals surface area contributed by atoms with Crippen LogP contribution in [0.15, 0.2) is 18.3 Å². The Morgan fingerprint density at radius 3 is 2.74 bits per heavy atom. The fraction of sp³-hybridized carbons (Fsp3) is 0.571. The van der Waals surface area contributed by atoms with Crippen LogP contribution >= 0.6 is 11.6 Å². The number of anilines is 1. The van der Waals surface area contributed by atoms with Crippen molar-refractivity contribution < 1.29 is 4.79 Å². The van der Waals surface area contributed by atoms with E-state index in [1.165, 1.54) is 6.20 Å². The summed E-state index contributed by atoms with van der Waals surface area (Å²) < 4.78 is 0. The Labute approximate surface area is 119 Å². The monoisotopic (exact) mass is 281 g/mol. The van der Waals surface area contributed by atoms with Gasteiger partial charge in [0.1, 0.15) is 5.82 Å². The number of carbonyl (C=O) groups excluding carboxylic acids is 1. The van der Waals surface area contributed by atoms with Crippen LogP contribution in [-0.2, 0) is 4.79 Å². The van der Waals surface area contributed by atoms with E-state index < -0.39 is 0 Å². The zero-order valence-corrected chi connectivity index (χ0v) is 12.2. The van der Waals surface area contributed by atoms with Crippen molar-refractivity contribution in [2.75, 3.05) is 18.4 Å². The van der Waals surface area contributed by atoms with Crippen molar-refractivity contribution >= 4 is 23.3 Å². The van der Waals surface area contributed by atoms with E-state index in [9.17, 15) is 4.79 Å². The summed E-state index contributed by atoms with van der Waals surface area (Å²) in [6, 6.07) is 3.31. The first kappa shape index (κ1) is 14.3. The minimum absolute atomic E-state index is 0.00984. The van der Waals surface area contributed by atoms with Crippen molar-refractivity contribution in [3.8, 4) is 0 Å². The van der Waals surface area contributed by atoms with E-state index in [-0.39, 0.29) is 11.9 Å². The highest BCUT2D eigenvalue weighted by atomic mass is 35.5. The quantitative estimate of drug-likeness (QED) is 0.927. The number of hydrogen-bond donors (Lipinski definition) is 1. The molecule has 104 valence electrons. The predicted octanol–water partition coefficient (Wildman–Crippen LogP) is 2.79. The van der Waals surface area contributed by atoms with Gasteiger partial charge in [0.25, 0.3) is 0 Å². The van der Waals surface area contributed by atoms with Crippen LogP contribution in [0.1, 0.15) is 26.7 Å². The molecule has 1 N–H and O–H groups in total. The Kier molecular flexibility index (Phi) is 4.77. The third-order valence-electron chi connectivity index (χ3n) is 3.72. The molecule has 1 aliphatic heterocycles. The lowest BCUT2D eigenvalue weighted by molar-refractivity contribution is -0.121. The van der Waals surface area contributed by atoms with E-state index >= 15 is 0 Å². The smallest absolute Gasteiger partial charge is 0.242 e. The number of piperidine rings is 1. The minimum atomic E-state index is -0.120. The van der Waals surface area contributed by atoms with Gasteiger partial charge in [-0.3, -0.25) is 9.69 Å². The molecular weight excluding hydrogens is 262 g/mol. The van der Waals surface area contributed by atoms with Gasteiger partial charge in [-0.1, -0.05) is 18.5 Å².